The fourth-order valence-corrected chi connectivity index (χ4v) is 9.88. The molecule has 0 amide bonds. The molecule has 1 aliphatic carbocycles. The first-order chi connectivity index (χ1) is 28.5. The van der Waals surface area contributed by atoms with Crippen LogP contribution in [0.2, 0.25) is 0 Å². The summed E-state index contributed by atoms with van der Waals surface area (Å²) in [6.45, 7) is 5.23. The number of phenolic OH excluding ortho intramolecular Hbond substituents is 1. The Morgan fingerprint density at radius 2 is 1.38 bits per heavy atom. The lowest BCUT2D eigenvalue weighted by molar-refractivity contribution is -0.938. The maximum atomic E-state index is 13.1. The number of carbonyl (C=O) groups excluding carboxylic acids is 1. The van der Waals surface area contributed by atoms with E-state index < -0.39 is 31.2 Å². The van der Waals surface area contributed by atoms with Gasteiger partial charge < -0.3 is 45.9 Å². The third kappa shape index (κ3) is 16.6. The van der Waals surface area contributed by atoms with Crippen LogP contribution < -0.4 is 17.0 Å². The van der Waals surface area contributed by atoms with Gasteiger partial charge in [0.25, 0.3) is 0 Å². The number of hydrogen-bond acceptors (Lipinski definition) is 9. The largest absolute Gasteiger partial charge is 1.00 e. The van der Waals surface area contributed by atoms with Crippen LogP contribution in [-0.2, 0) is 31.0 Å². The number of quaternary nitrogens is 1. The second kappa shape index (κ2) is 24.2. The number of fused-ring (bicyclic) bond motifs is 8. The van der Waals surface area contributed by atoms with E-state index in [1.165, 1.54) is 46.6 Å². The van der Waals surface area contributed by atoms with Gasteiger partial charge in [-0.05, 0) is 153 Å². The minimum Gasteiger partial charge on any atom is -1.00 e. The van der Waals surface area contributed by atoms with Crippen LogP contribution in [0.3, 0.4) is 0 Å². The number of hydrogen-bond donors (Lipinski definition) is 2. The molecule has 26 heteroatoms. The Hall–Kier alpha value is 0.000000000000000389. The number of rotatable bonds is 7. The van der Waals surface area contributed by atoms with Crippen molar-refractivity contribution in [1.82, 2.24) is 4.90 Å². The minimum atomic E-state index is -4.66. The molecular weight excluding hydrogens is 1140 g/mol. The highest BCUT2D eigenvalue weighted by molar-refractivity contribution is 7.12. The number of morpholine rings is 2. The fourth-order valence-electron chi connectivity index (χ4n) is 8.17. The Balaban J connectivity index is 0.000000322. The van der Waals surface area contributed by atoms with Gasteiger partial charge in [0.2, 0.25) is 5.60 Å². The zero-order valence-corrected chi connectivity index (χ0v) is 43.0. The van der Waals surface area contributed by atoms with Gasteiger partial charge in [0.15, 0.2) is 0 Å². The quantitative estimate of drug-likeness (QED) is 0.0803. The van der Waals surface area contributed by atoms with Crippen LogP contribution in [0.5, 0.6) is 5.75 Å². The predicted molar refractivity (Wildman–Crippen MR) is 237 cm³/mol. The van der Waals surface area contributed by atoms with Crippen molar-refractivity contribution in [2.75, 3.05) is 33.8 Å². The van der Waals surface area contributed by atoms with Gasteiger partial charge in [0.05, 0.1) is 36.6 Å². The smallest absolute Gasteiger partial charge is 0.401 e. The lowest BCUT2D eigenvalue weighted by Gasteiger charge is -2.45. The average molecular weight is 1190 g/mol. The van der Waals surface area contributed by atoms with Gasteiger partial charge in [-0.15, -0.1) is 35.1 Å². The molecule has 366 valence electrons. The lowest BCUT2D eigenvalue weighted by Crippen LogP contribution is -3.00. The van der Waals surface area contributed by atoms with E-state index in [1.807, 2.05) is 35.0 Å². The number of phenols is 1. The van der Waals surface area contributed by atoms with E-state index in [0.29, 0.717) is 45.8 Å². The summed E-state index contributed by atoms with van der Waals surface area (Å²) < 4.78 is 92.6. The standard InChI is InChI=1S/C19H22NO4S2.C15H21NO2.C2Cl2F4.CCl3F.CCl2F2.BrH.ClH/c1-20(2)12-9-11(10-13(20)17-16(12)24-17)23-18(21)19(22,14-5-3-7-25-14)15-6-4-8-26-15;1-2-7-16-8-9-18-15-13-10-12(17)5-3-11(13)4-6-14(15)16;3-1(5,6)2(4,7)8;2*2-1(3,4)5;;/h3-8,11-13,16-17,22H,9-10H2,1-2H3;3,5,10,14-15,17H,2,4,6-9H2,1H3;;;;2*1H/q+1;;;;;;/p-1/t11?,12-,13+,16-,17+;14-,15-;;;;;/m.1...../s1. The summed E-state index contributed by atoms with van der Waals surface area (Å²) in [5.74, 6) is -0.209. The zero-order valence-electron chi connectivity index (χ0n) is 33.7. The molecule has 64 heavy (non-hydrogen) atoms. The third-order valence-electron chi connectivity index (χ3n) is 10.8. The van der Waals surface area contributed by atoms with Crippen LogP contribution in [0.25, 0.3) is 0 Å². The van der Waals surface area contributed by atoms with Crippen molar-refractivity contribution in [2.24, 2.45) is 0 Å². The number of thiophene rings is 2. The maximum absolute atomic E-state index is 13.1. The molecule has 8 rings (SSSR count). The molecule has 7 atom stereocenters. The summed E-state index contributed by atoms with van der Waals surface area (Å²) in [5.41, 5.74) is 0.822. The number of likely N-dealkylation sites (N-methyl/N-ethyl adjacent to an activating group) is 1. The molecular formula is C38H44BrCl8F7N2O6S2. The van der Waals surface area contributed by atoms with E-state index in [2.05, 4.69) is 107 Å². The van der Waals surface area contributed by atoms with E-state index in [1.54, 1.807) is 18.2 Å². The van der Waals surface area contributed by atoms with Gasteiger partial charge in [-0.2, -0.15) is 30.7 Å². The van der Waals surface area contributed by atoms with Gasteiger partial charge in [-0.3, -0.25) is 4.90 Å². The lowest BCUT2D eigenvalue weighted by atomic mass is 9.84. The summed E-state index contributed by atoms with van der Waals surface area (Å²) in [7, 11) is 4.49. The fraction of sp³-hybridized carbons (Fsp3) is 0.605. The predicted octanol–water partition coefficient (Wildman–Crippen LogP) is 9.21. The number of benzene rings is 1. The zero-order chi connectivity index (χ0) is 46.6. The third-order valence-corrected chi connectivity index (χ3v) is 13.4. The average Bonchev–Trinajstić information content (AvgIpc) is 3.43. The molecule has 8 nitrogen and oxygen atoms in total. The summed E-state index contributed by atoms with van der Waals surface area (Å²) in [6, 6.07) is 14.2. The Kier molecular flexibility index (Phi) is 22.7. The molecule has 6 heterocycles. The Morgan fingerprint density at radius 1 is 0.891 bits per heavy atom. The number of aliphatic hydroxyl groups is 1. The molecule has 2 bridgehead atoms. The molecule has 2 aromatic heterocycles. The first-order valence-corrected chi connectivity index (χ1v) is 23.2. The minimum absolute atomic E-state index is 0. The van der Waals surface area contributed by atoms with Gasteiger partial charge in [0.1, 0.15) is 36.1 Å². The summed E-state index contributed by atoms with van der Waals surface area (Å²) in [5, 5.41) is 15.5. The number of aryl methyl sites for hydroxylation is 1. The van der Waals surface area contributed by atoms with Crippen molar-refractivity contribution in [3.05, 3.63) is 74.1 Å². The Bertz CT molecular complexity index is 1810. The van der Waals surface area contributed by atoms with Crippen molar-refractivity contribution in [3.8, 4) is 5.75 Å². The second-order valence-corrected chi connectivity index (χ2v) is 21.3. The van der Waals surface area contributed by atoms with Crippen molar-refractivity contribution >= 4 is 122 Å². The van der Waals surface area contributed by atoms with Crippen LogP contribution in [0, 0.1) is 0 Å². The van der Waals surface area contributed by atoms with Gasteiger partial charge in [0, 0.05) is 25.4 Å². The number of epoxide rings is 1. The number of ether oxygens (including phenoxy) is 3. The molecule has 3 aromatic rings. The summed E-state index contributed by atoms with van der Waals surface area (Å²) >= 11 is 31.4. The topological polar surface area (TPSA) is 91.8 Å². The van der Waals surface area contributed by atoms with Crippen LogP contribution in [0.15, 0.2) is 53.2 Å². The number of aromatic hydroxyl groups is 1. The highest BCUT2D eigenvalue weighted by atomic mass is 79.9. The maximum Gasteiger partial charge on any atom is 0.401 e. The van der Waals surface area contributed by atoms with Crippen molar-refractivity contribution in [1.29, 1.82) is 0 Å². The SMILES string of the molecule is CCCN1CCO[C@@H]2c3cc(O)ccc3CC[C@H]21.C[N+]1(C)[C@@H]2CC(OC(=O)C(O)(c3cccs3)c3cccs3)C[C@H]1[C@@H]1O[C@@H]12.Cl.FC(Cl)(Cl)Cl.FC(F)(Cl)C(F)(F)Cl.FC(F)(Cl)Cl.[Br-]. The number of esters is 1. The number of alkyl halides is 14. The van der Waals surface area contributed by atoms with E-state index in [9.17, 15) is 45.7 Å². The molecule has 4 fully saturated rings. The van der Waals surface area contributed by atoms with Gasteiger partial charge in [-0.1, -0.05) is 25.1 Å². The van der Waals surface area contributed by atoms with Gasteiger partial charge >= 0.3 is 25.6 Å². The molecule has 0 spiro atoms. The molecule has 4 aliphatic heterocycles. The van der Waals surface area contributed by atoms with Crippen LogP contribution in [0.1, 0.15) is 59.6 Å². The highest BCUT2D eigenvalue weighted by Crippen LogP contribution is 2.52. The van der Waals surface area contributed by atoms with Crippen LogP contribution in [-0.4, -0.2) is 115 Å². The van der Waals surface area contributed by atoms with Crippen molar-refractivity contribution < 1.29 is 81.4 Å². The number of piperidine rings is 1. The first kappa shape index (κ1) is 60.1. The second-order valence-electron chi connectivity index (χ2n) is 15.2. The van der Waals surface area contributed by atoms with Crippen LogP contribution >= 0.6 is 116 Å². The molecule has 1 unspecified atom stereocenters. The monoisotopic (exact) mass is 1180 g/mol. The molecule has 1 aromatic carbocycles. The van der Waals surface area contributed by atoms with Crippen LogP contribution in [0.4, 0.5) is 30.7 Å². The molecule has 0 saturated carbocycles. The molecule has 4 saturated heterocycles. The number of nitrogens with zero attached hydrogens (tertiary/aromatic N) is 2. The number of halogens is 16. The summed E-state index contributed by atoms with van der Waals surface area (Å²) in [6.07, 6.45) is 5.66. The normalized spacial score (nSPS) is 25.4. The summed E-state index contributed by atoms with van der Waals surface area (Å²) in [4.78, 5) is 13.3. The van der Waals surface area contributed by atoms with Crippen molar-refractivity contribution in [2.45, 2.75) is 107 Å². The Morgan fingerprint density at radius 3 is 1.80 bits per heavy atom. The highest BCUT2D eigenvalue weighted by Gasteiger charge is 2.71. The van der Waals surface area contributed by atoms with E-state index in [4.69, 9.17) is 14.2 Å². The van der Waals surface area contributed by atoms with E-state index in [-0.39, 0.29) is 41.6 Å². The molecule has 0 radical (unpaired) electrons. The Labute approximate surface area is 425 Å². The molecule has 2 N–H and O–H groups in total. The first-order valence-electron chi connectivity index (χ1n) is 18.8. The van der Waals surface area contributed by atoms with Gasteiger partial charge in [-0.25, -0.2) is 4.79 Å². The van der Waals surface area contributed by atoms with E-state index >= 15 is 0 Å². The van der Waals surface area contributed by atoms with E-state index in [0.717, 1.165) is 43.4 Å². The molecule has 5 aliphatic rings. The van der Waals surface area contributed by atoms with Crippen molar-refractivity contribution in [3.63, 3.8) is 0 Å². The number of carbonyl (C=O) groups is 1.